The van der Waals surface area contributed by atoms with Gasteiger partial charge in [0.2, 0.25) is 5.91 Å². The number of nitrogens with two attached hydrogens (primary N) is 1. The van der Waals surface area contributed by atoms with Gasteiger partial charge in [0.05, 0.1) is 22.0 Å². The summed E-state index contributed by atoms with van der Waals surface area (Å²) in [5.41, 5.74) is 9.46. The van der Waals surface area contributed by atoms with E-state index in [-0.39, 0.29) is 23.9 Å². The molecule has 0 bridgehead atoms. The number of nitroso groups, excluding NO2 is 1. The molecule has 180 valence electrons. The van der Waals surface area contributed by atoms with E-state index in [9.17, 15) is 14.5 Å². The summed E-state index contributed by atoms with van der Waals surface area (Å²) in [5, 5.41) is 7.66. The van der Waals surface area contributed by atoms with Crippen LogP contribution < -0.4 is 16.4 Å². The molecule has 0 spiro atoms. The maximum atomic E-state index is 12.1. The molecule has 0 radical (unpaired) electrons. The number of hydrogen-bond donors (Lipinski definition) is 5. The molecule has 3 heterocycles. The number of carbonyl (C=O) groups is 2. The van der Waals surface area contributed by atoms with E-state index in [0.717, 1.165) is 29.7 Å². The number of nitrogens with one attached hydrogen (secondary N) is 3. The van der Waals surface area contributed by atoms with E-state index in [2.05, 4.69) is 39.5 Å². The van der Waals surface area contributed by atoms with Crippen molar-refractivity contribution in [2.75, 3.05) is 32.1 Å². The Kier molecular flexibility index (Phi) is 8.93. The Balaban J connectivity index is 0.000000751. The SMILES string of the molecule is C[N+](=O)S.NC1(c2cccc(-c3csc(NC(=O)CNC(=O)c4cc[nH]c4)n3)c2)CCOCC1. The molecule has 3 aromatic rings. The molecule has 5 N–H and O–H groups in total. The Morgan fingerprint density at radius 2 is 2.06 bits per heavy atom. The van der Waals surface area contributed by atoms with Gasteiger partial charge >= 0.3 is 0 Å². The summed E-state index contributed by atoms with van der Waals surface area (Å²) in [5.74, 6) is -0.650. The van der Waals surface area contributed by atoms with Crippen LogP contribution in [0.1, 0.15) is 28.8 Å². The Bertz CT molecular complexity index is 1120. The van der Waals surface area contributed by atoms with Gasteiger partial charge in [-0.05, 0) is 30.5 Å². The highest BCUT2D eigenvalue weighted by molar-refractivity contribution is 7.73. The summed E-state index contributed by atoms with van der Waals surface area (Å²) in [7, 11) is 1.31. The lowest BCUT2D eigenvalue weighted by Gasteiger charge is -2.34. The van der Waals surface area contributed by atoms with Crippen molar-refractivity contribution in [2.45, 2.75) is 18.4 Å². The molecule has 2 amide bonds. The van der Waals surface area contributed by atoms with E-state index in [4.69, 9.17) is 10.5 Å². The van der Waals surface area contributed by atoms with Crippen molar-refractivity contribution in [3.05, 3.63) is 64.1 Å². The number of H-pyrrole nitrogens is 1. The van der Waals surface area contributed by atoms with Gasteiger partial charge < -0.3 is 26.1 Å². The highest BCUT2D eigenvalue weighted by Crippen LogP contribution is 2.33. The molecule has 0 aliphatic carbocycles. The zero-order valence-corrected chi connectivity index (χ0v) is 20.3. The van der Waals surface area contributed by atoms with Gasteiger partial charge in [-0.25, -0.2) is 4.98 Å². The van der Waals surface area contributed by atoms with Crippen LogP contribution in [0.5, 0.6) is 0 Å². The fourth-order valence-corrected chi connectivity index (χ4v) is 4.10. The number of benzene rings is 1. The Labute approximate surface area is 206 Å². The number of amides is 2. The maximum Gasteiger partial charge on any atom is 0.253 e. The van der Waals surface area contributed by atoms with Crippen LogP contribution in [-0.2, 0) is 15.1 Å². The van der Waals surface area contributed by atoms with Crippen LogP contribution >= 0.6 is 24.2 Å². The minimum atomic E-state index is -0.390. The van der Waals surface area contributed by atoms with Gasteiger partial charge in [-0.2, -0.15) is 0 Å². The number of hydrogen-bond acceptors (Lipinski definition) is 7. The van der Waals surface area contributed by atoms with Crippen molar-refractivity contribution in [1.82, 2.24) is 15.3 Å². The fraction of sp³-hybridized carbons (Fsp3) is 0.318. The van der Waals surface area contributed by atoms with Crippen LogP contribution in [-0.4, -0.2) is 52.8 Å². The summed E-state index contributed by atoms with van der Waals surface area (Å²) in [4.78, 5) is 40.6. The number of aromatic amines is 1. The predicted octanol–water partition coefficient (Wildman–Crippen LogP) is 2.71. The molecule has 1 fully saturated rings. The molecule has 1 aromatic carbocycles. The monoisotopic (exact) mass is 503 g/mol. The van der Waals surface area contributed by atoms with Crippen LogP contribution in [0.3, 0.4) is 0 Å². The second kappa shape index (κ2) is 11.9. The normalized spacial score (nSPS) is 14.4. The number of anilines is 1. The van der Waals surface area contributed by atoms with Crippen LogP contribution in [0, 0.1) is 4.91 Å². The molecule has 0 atom stereocenters. The maximum absolute atomic E-state index is 12.1. The number of nitrogens with zero attached hydrogens (tertiary/aromatic N) is 2. The molecule has 1 saturated heterocycles. The number of thiazole rings is 1. The van der Waals surface area contributed by atoms with Crippen molar-refractivity contribution < 1.29 is 18.5 Å². The largest absolute Gasteiger partial charge is 0.381 e. The fourth-order valence-electron chi connectivity index (χ4n) is 3.37. The highest BCUT2D eigenvalue weighted by atomic mass is 32.1. The highest BCUT2D eigenvalue weighted by Gasteiger charge is 2.30. The Hall–Kier alpha value is -3.06. The number of carbonyl (C=O) groups excluding carboxylic acids is 2. The lowest BCUT2D eigenvalue weighted by atomic mass is 9.83. The zero-order valence-electron chi connectivity index (χ0n) is 18.6. The smallest absolute Gasteiger partial charge is 0.253 e. The van der Waals surface area contributed by atoms with Crippen LogP contribution in [0.4, 0.5) is 5.13 Å². The predicted molar refractivity (Wildman–Crippen MR) is 134 cm³/mol. The van der Waals surface area contributed by atoms with E-state index in [1.807, 2.05) is 23.6 Å². The summed E-state index contributed by atoms with van der Waals surface area (Å²) in [6, 6.07) is 9.69. The van der Waals surface area contributed by atoms with Gasteiger partial charge in [-0.15, -0.1) is 11.3 Å². The van der Waals surface area contributed by atoms with Gasteiger partial charge in [-0.1, -0.05) is 18.2 Å². The first-order valence-corrected chi connectivity index (χ1v) is 11.8. The minimum Gasteiger partial charge on any atom is -0.381 e. The van der Waals surface area contributed by atoms with E-state index in [1.54, 1.807) is 18.5 Å². The average Bonchev–Trinajstić information content (AvgIpc) is 3.50. The van der Waals surface area contributed by atoms with Crippen molar-refractivity contribution in [3.8, 4) is 11.3 Å². The van der Waals surface area contributed by atoms with Crippen molar-refractivity contribution in [1.29, 1.82) is 0 Å². The standard InChI is InChI=1S/C21H23N5O3S.CH4NOS/c22-21(5-8-29-9-6-21)16-3-1-2-14(10-16)17-13-30-20(25-17)26-18(27)12-24-19(28)15-4-7-23-11-15;1-2(3)4/h1-4,7,10-11,13,23H,5-6,8-9,12,22H2,(H,24,28)(H,25,26,27);1H3,(H,3,4)/q;+1. The van der Waals surface area contributed by atoms with Gasteiger partial charge in [0, 0.05) is 47.0 Å². The minimum absolute atomic E-state index is 0.133. The lowest BCUT2D eigenvalue weighted by Crippen LogP contribution is -2.42. The van der Waals surface area contributed by atoms with Gasteiger partial charge in [0.1, 0.15) is 0 Å². The van der Waals surface area contributed by atoms with Gasteiger partial charge in [0.15, 0.2) is 25.0 Å². The third-order valence-corrected chi connectivity index (χ3v) is 5.90. The molecule has 12 heteroatoms. The molecule has 2 aromatic heterocycles. The number of rotatable bonds is 6. The molecule has 34 heavy (non-hydrogen) atoms. The summed E-state index contributed by atoms with van der Waals surface area (Å²) < 4.78 is 5.88. The third-order valence-electron chi connectivity index (χ3n) is 5.14. The van der Waals surface area contributed by atoms with Crippen molar-refractivity contribution in [3.63, 3.8) is 0 Å². The number of thiol groups is 1. The first kappa shape index (κ1) is 25.6. The molecule has 0 saturated carbocycles. The van der Waals surface area contributed by atoms with Crippen molar-refractivity contribution >= 4 is 41.1 Å². The second-order valence-corrected chi connectivity index (χ2v) is 9.10. The number of aromatic nitrogens is 2. The van der Waals surface area contributed by atoms with E-state index in [1.165, 1.54) is 18.4 Å². The van der Waals surface area contributed by atoms with E-state index in [0.29, 0.717) is 28.1 Å². The Morgan fingerprint density at radius 1 is 1.32 bits per heavy atom. The first-order chi connectivity index (χ1) is 16.3. The van der Waals surface area contributed by atoms with Crippen LogP contribution in [0.2, 0.25) is 0 Å². The molecular formula is C22H27N6O4S2+. The molecule has 0 unspecified atom stereocenters. The van der Waals surface area contributed by atoms with E-state index < -0.39 is 0 Å². The molecule has 4 rings (SSSR count). The zero-order chi connectivity index (χ0) is 24.6. The quantitative estimate of drug-likeness (QED) is 0.259. The first-order valence-electron chi connectivity index (χ1n) is 10.5. The third kappa shape index (κ3) is 7.22. The van der Waals surface area contributed by atoms with E-state index >= 15 is 0 Å². The molecule has 1 aliphatic heterocycles. The molecule has 10 nitrogen and oxygen atoms in total. The topological polar surface area (TPSA) is 142 Å². The summed E-state index contributed by atoms with van der Waals surface area (Å²) in [6.07, 6.45) is 4.78. The van der Waals surface area contributed by atoms with Crippen LogP contribution in [0.15, 0.2) is 48.1 Å². The molecule has 1 aliphatic rings. The second-order valence-electron chi connectivity index (χ2n) is 7.68. The number of ether oxygens (including phenoxy) is 1. The lowest BCUT2D eigenvalue weighted by molar-refractivity contribution is -0.326. The van der Waals surface area contributed by atoms with Gasteiger partial charge in [-0.3, -0.25) is 9.59 Å². The Morgan fingerprint density at radius 3 is 2.74 bits per heavy atom. The van der Waals surface area contributed by atoms with Crippen LogP contribution in [0.25, 0.3) is 11.3 Å². The average molecular weight is 504 g/mol. The molecular weight excluding hydrogens is 476 g/mol. The summed E-state index contributed by atoms with van der Waals surface area (Å²) in [6.45, 7) is 1.19. The summed E-state index contributed by atoms with van der Waals surface area (Å²) >= 11 is 4.58. The van der Waals surface area contributed by atoms with Crippen molar-refractivity contribution in [2.24, 2.45) is 5.73 Å². The van der Waals surface area contributed by atoms with Gasteiger partial charge in [0.25, 0.3) is 5.91 Å².